The largest absolute Gasteiger partial charge is 0.480 e. The minimum Gasteiger partial charge on any atom is -0.480 e. The van der Waals surface area contributed by atoms with Crippen LogP contribution < -0.4 is 0 Å². The van der Waals surface area contributed by atoms with Gasteiger partial charge in [0.25, 0.3) is 10.0 Å². The Morgan fingerprint density at radius 2 is 2.22 bits per heavy atom. The highest BCUT2D eigenvalue weighted by molar-refractivity contribution is 7.89. The molecule has 9 heteroatoms. The minimum atomic E-state index is -3.98. The average molecular weight is 275 g/mol. The van der Waals surface area contributed by atoms with Gasteiger partial charge in [-0.25, -0.2) is 13.4 Å². The lowest BCUT2D eigenvalue weighted by molar-refractivity contribution is -0.140. The van der Waals surface area contributed by atoms with Crippen molar-refractivity contribution in [3.63, 3.8) is 0 Å². The Morgan fingerprint density at radius 3 is 2.72 bits per heavy atom. The third-order valence-electron chi connectivity index (χ3n) is 2.77. The van der Waals surface area contributed by atoms with Crippen molar-refractivity contribution in [1.82, 2.24) is 13.9 Å². The first kappa shape index (κ1) is 13.0. The fourth-order valence-electron chi connectivity index (χ4n) is 1.92. The van der Waals surface area contributed by atoms with Gasteiger partial charge in [0, 0.05) is 26.2 Å². The highest BCUT2D eigenvalue weighted by Crippen LogP contribution is 2.25. The lowest BCUT2D eigenvalue weighted by Crippen LogP contribution is -2.40. The summed E-state index contributed by atoms with van der Waals surface area (Å²) >= 11 is 0. The van der Waals surface area contributed by atoms with Crippen LogP contribution in [0.2, 0.25) is 0 Å². The van der Waals surface area contributed by atoms with Crippen molar-refractivity contribution in [3.05, 3.63) is 12.5 Å². The number of aliphatic carboxylic acids is 1. The number of sulfonamides is 1. The fourth-order valence-corrected chi connectivity index (χ4v) is 3.52. The molecular formula is C9H13N3O5S. The zero-order valence-electron chi connectivity index (χ0n) is 9.59. The second-order valence-electron chi connectivity index (χ2n) is 4.20. The molecule has 1 aromatic heterocycles. The van der Waals surface area contributed by atoms with Crippen LogP contribution in [0.5, 0.6) is 0 Å². The topological polar surface area (TPSA) is 113 Å². The molecule has 0 saturated carbocycles. The van der Waals surface area contributed by atoms with Crippen LogP contribution in [0.4, 0.5) is 0 Å². The van der Waals surface area contributed by atoms with Gasteiger partial charge in [0.05, 0.1) is 12.4 Å². The number of hydrogen-bond acceptors (Lipinski definition) is 5. The van der Waals surface area contributed by atoms with Gasteiger partial charge in [-0.2, -0.15) is 4.31 Å². The second kappa shape index (κ2) is 4.34. The normalized spacial score (nSPS) is 25.4. The average Bonchev–Trinajstić information content (AvgIpc) is 2.84. The molecule has 2 atom stereocenters. The van der Waals surface area contributed by atoms with Crippen molar-refractivity contribution in [3.8, 4) is 0 Å². The van der Waals surface area contributed by atoms with Gasteiger partial charge in [0.2, 0.25) is 0 Å². The van der Waals surface area contributed by atoms with Gasteiger partial charge in [0.15, 0.2) is 5.03 Å². The number of imidazole rings is 1. The monoisotopic (exact) mass is 275 g/mol. The Hall–Kier alpha value is -1.45. The van der Waals surface area contributed by atoms with Crippen LogP contribution in [-0.2, 0) is 21.9 Å². The molecule has 0 amide bonds. The first-order chi connectivity index (χ1) is 8.32. The summed E-state index contributed by atoms with van der Waals surface area (Å²) < 4.78 is 26.6. The maximum atomic E-state index is 12.2. The Morgan fingerprint density at radius 1 is 1.56 bits per heavy atom. The molecule has 0 aliphatic carbocycles. The molecule has 18 heavy (non-hydrogen) atoms. The molecular weight excluding hydrogens is 262 g/mol. The smallest absolute Gasteiger partial charge is 0.322 e. The summed E-state index contributed by atoms with van der Waals surface area (Å²) in [6.45, 7) is -0.226. The molecule has 1 saturated heterocycles. The Kier molecular flexibility index (Phi) is 3.13. The van der Waals surface area contributed by atoms with E-state index in [-0.39, 0.29) is 18.0 Å². The van der Waals surface area contributed by atoms with Gasteiger partial charge in [-0.05, 0) is 0 Å². The molecule has 0 spiro atoms. The van der Waals surface area contributed by atoms with Gasteiger partial charge < -0.3 is 14.8 Å². The summed E-state index contributed by atoms with van der Waals surface area (Å²) in [6.07, 6.45) is 1.53. The molecule has 100 valence electrons. The van der Waals surface area contributed by atoms with Gasteiger partial charge >= 0.3 is 5.97 Å². The van der Waals surface area contributed by atoms with Gasteiger partial charge in [-0.3, -0.25) is 4.79 Å². The molecule has 1 fully saturated rings. The van der Waals surface area contributed by atoms with E-state index >= 15 is 0 Å². The van der Waals surface area contributed by atoms with E-state index in [1.165, 1.54) is 17.1 Å². The van der Waals surface area contributed by atoms with Gasteiger partial charge in [-0.15, -0.1) is 0 Å². The number of carboxylic acids is 1. The summed E-state index contributed by atoms with van der Waals surface area (Å²) in [7, 11) is -2.37. The van der Waals surface area contributed by atoms with Crippen molar-refractivity contribution in [2.75, 3.05) is 6.54 Å². The number of rotatable bonds is 3. The third kappa shape index (κ3) is 2.11. The van der Waals surface area contributed by atoms with E-state index in [0.29, 0.717) is 0 Å². The Labute approximate surface area is 104 Å². The number of carbonyl (C=O) groups is 1. The van der Waals surface area contributed by atoms with Crippen molar-refractivity contribution in [2.45, 2.75) is 23.6 Å². The maximum absolute atomic E-state index is 12.2. The van der Waals surface area contributed by atoms with Crippen molar-refractivity contribution in [1.29, 1.82) is 0 Å². The van der Waals surface area contributed by atoms with E-state index in [9.17, 15) is 18.3 Å². The number of β-amino-alcohol motifs (C(OH)–C–C–N with tert-alkyl or cyclic N) is 1. The summed E-state index contributed by atoms with van der Waals surface area (Å²) in [5.74, 6) is -1.27. The van der Waals surface area contributed by atoms with E-state index in [1.54, 1.807) is 7.05 Å². The predicted molar refractivity (Wildman–Crippen MR) is 59.1 cm³/mol. The summed E-state index contributed by atoms with van der Waals surface area (Å²) in [5, 5.41) is 18.2. The number of aromatic nitrogens is 2. The lowest BCUT2D eigenvalue weighted by Gasteiger charge is -2.19. The van der Waals surface area contributed by atoms with E-state index in [4.69, 9.17) is 5.11 Å². The van der Waals surface area contributed by atoms with E-state index in [1.807, 2.05) is 0 Å². The minimum absolute atomic E-state index is 0.110. The van der Waals surface area contributed by atoms with E-state index in [2.05, 4.69) is 4.98 Å². The van der Waals surface area contributed by atoms with Gasteiger partial charge in [0.1, 0.15) is 6.04 Å². The zero-order valence-corrected chi connectivity index (χ0v) is 10.4. The molecule has 1 aromatic rings. The molecule has 0 bridgehead atoms. The molecule has 1 aliphatic heterocycles. The van der Waals surface area contributed by atoms with Crippen LogP contribution in [0.3, 0.4) is 0 Å². The quantitative estimate of drug-likeness (QED) is 0.703. The first-order valence-electron chi connectivity index (χ1n) is 5.23. The lowest BCUT2D eigenvalue weighted by atomic mass is 10.2. The molecule has 8 nitrogen and oxygen atoms in total. The fraction of sp³-hybridized carbons (Fsp3) is 0.556. The highest BCUT2D eigenvalue weighted by Gasteiger charge is 2.44. The number of aliphatic hydroxyl groups is 1. The van der Waals surface area contributed by atoms with Gasteiger partial charge in [-0.1, -0.05) is 0 Å². The number of hydrogen-bond donors (Lipinski definition) is 2. The molecule has 0 unspecified atom stereocenters. The van der Waals surface area contributed by atoms with Crippen LogP contribution in [0.25, 0.3) is 0 Å². The van der Waals surface area contributed by atoms with E-state index in [0.717, 1.165) is 4.31 Å². The van der Waals surface area contributed by atoms with Crippen LogP contribution in [-0.4, -0.2) is 57.1 Å². The zero-order chi connectivity index (χ0) is 13.5. The standard InChI is InChI=1S/C9H13N3O5S/c1-11-4-8(10-5-11)18(16,17)12-3-6(13)2-7(12)9(14)15/h4-7,13H,2-3H2,1H3,(H,14,15)/t6-,7+/m1/s1. The SMILES string of the molecule is Cn1cnc(S(=O)(=O)N2C[C@H](O)C[C@H]2C(=O)O)c1. The van der Waals surface area contributed by atoms with Crippen LogP contribution in [0.15, 0.2) is 17.6 Å². The number of carboxylic acid groups (broad SMARTS) is 1. The molecule has 1 aliphatic rings. The summed E-state index contributed by atoms with van der Waals surface area (Å²) in [5.41, 5.74) is 0. The predicted octanol–water partition coefficient (Wildman–Crippen LogP) is -1.37. The molecule has 2 rings (SSSR count). The highest BCUT2D eigenvalue weighted by atomic mass is 32.2. The Bertz CT molecular complexity index is 567. The third-order valence-corrected chi connectivity index (χ3v) is 4.53. The number of aryl methyl sites for hydroxylation is 1. The maximum Gasteiger partial charge on any atom is 0.322 e. The Balaban J connectivity index is 2.38. The van der Waals surface area contributed by atoms with Crippen molar-refractivity contribution >= 4 is 16.0 Å². The van der Waals surface area contributed by atoms with Crippen LogP contribution in [0, 0.1) is 0 Å². The number of nitrogens with zero attached hydrogens (tertiary/aromatic N) is 3. The summed E-state index contributed by atoms with van der Waals surface area (Å²) in [6, 6.07) is -1.24. The van der Waals surface area contributed by atoms with Crippen LogP contribution >= 0.6 is 0 Å². The summed E-state index contributed by atoms with van der Waals surface area (Å²) in [4.78, 5) is 14.7. The van der Waals surface area contributed by atoms with Crippen molar-refractivity contribution in [2.24, 2.45) is 7.05 Å². The first-order valence-corrected chi connectivity index (χ1v) is 6.67. The van der Waals surface area contributed by atoms with E-state index < -0.39 is 28.1 Å². The second-order valence-corrected chi connectivity index (χ2v) is 6.03. The van der Waals surface area contributed by atoms with Crippen molar-refractivity contribution < 1.29 is 23.4 Å². The molecule has 2 heterocycles. The number of aliphatic hydroxyl groups excluding tert-OH is 1. The molecule has 0 radical (unpaired) electrons. The molecule has 0 aromatic carbocycles. The molecule has 2 N–H and O–H groups in total. The van der Waals surface area contributed by atoms with Crippen LogP contribution in [0.1, 0.15) is 6.42 Å².